The Kier molecular flexibility index (Phi) is 40.4. The molecule has 4 aromatic carbocycles. The molecular formula is C92H121Cl2F4N21O6S6. The van der Waals surface area contributed by atoms with Crippen molar-refractivity contribution >= 4 is 167 Å². The van der Waals surface area contributed by atoms with Crippen molar-refractivity contribution in [1.82, 2.24) is 59.3 Å². The lowest BCUT2D eigenvalue weighted by molar-refractivity contribution is -0.137. The average Bonchev–Trinajstić information content (AvgIpc) is 1.66. The largest absolute Gasteiger partial charge is 0.462 e. The van der Waals surface area contributed by atoms with Gasteiger partial charge in [-0.15, -0.1) is 0 Å². The highest BCUT2D eigenvalue weighted by Gasteiger charge is 2.43. The first-order valence-electron chi connectivity index (χ1n) is 43.3. The maximum absolute atomic E-state index is 15.0. The van der Waals surface area contributed by atoms with Crippen LogP contribution in [0.15, 0.2) is 111 Å². The number of alkyl halides is 3. The predicted molar refractivity (Wildman–Crippen MR) is 540 cm³/mol. The van der Waals surface area contributed by atoms with Crippen LogP contribution in [0.3, 0.4) is 0 Å². The smallest absolute Gasteiger partial charge is 0.419 e. The van der Waals surface area contributed by atoms with E-state index >= 15 is 4.39 Å². The molecule has 6 saturated heterocycles. The van der Waals surface area contributed by atoms with E-state index in [-0.39, 0.29) is 172 Å². The number of nitrogens with zero attached hydrogens (tertiary/aromatic N) is 21. The Bertz CT molecular complexity index is 5270. The van der Waals surface area contributed by atoms with Gasteiger partial charge in [-0.25, -0.2) is 24.1 Å². The summed E-state index contributed by atoms with van der Waals surface area (Å²) in [6.07, 6.45) is 8.60. The molecule has 0 radical (unpaired) electrons. The van der Waals surface area contributed by atoms with Gasteiger partial charge in [-0.2, -0.15) is 124 Å². The summed E-state index contributed by atoms with van der Waals surface area (Å²) in [5, 5.41) is 1.92. The van der Waals surface area contributed by atoms with E-state index in [1.165, 1.54) is 48.9 Å². The van der Waals surface area contributed by atoms with Crippen LogP contribution in [0.4, 0.5) is 52.1 Å². The third-order valence-corrected chi connectivity index (χ3v) is 26.4. The van der Waals surface area contributed by atoms with E-state index < -0.39 is 11.7 Å². The van der Waals surface area contributed by atoms with Gasteiger partial charge in [0.15, 0.2) is 0 Å². The number of halogens is 6. The van der Waals surface area contributed by atoms with Crippen LogP contribution in [0.2, 0.25) is 10.0 Å². The number of hydrogen-bond donors (Lipinski definition) is 0. The van der Waals surface area contributed by atoms with Crippen LogP contribution in [0.1, 0.15) is 97.3 Å². The van der Waals surface area contributed by atoms with Crippen molar-refractivity contribution in [2.75, 3.05) is 188 Å². The molecule has 131 heavy (non-hydrogen) atoms. The van der Waals surface area contributed by atoms with Crippen LogP contribution < -0.4 is 43.6 Å². The zero-order valence-corrected chi connectivity index (χ0v) is 82.1. The highest BCUT2D eigenvalue weighted by atomic mass is 35.5. The number of ether oxygens (including phenoxy) is 3. The van der Waals surface area contributed by atoms with Crippen molar-refractivity contribution in [1.29, 1.82) is 0 Å². The fraction of sp³-hybridized carbons (Fsp3) is 0.500. The highest BCUT2D eigenvalue weighted by Crippen LogP contribution is 2.45. The normalized spacial score (nSPS) is 20.0. The molecule has 9 aliphatic rings. The van der Waals surface area contributed by atoms with Crippen LogP contribution in [-0.2, 0) is 65.9 Å². The number of amides is 3. The van der Waals surface area contributed by atoms with Crippen molar-refractivity contribution < 1.29 is 46.2 Å². The minimum Gasteiger partial charge on any atom is -0.462 e. The van der Waals surface area contributed by atoms with Crippen molar-refractivity contribution in [3.05, 3.63) is 206 Å². The van der Waals surface area contributed by atoms with Gasteiger partial charge >= 0.3 is 24.2 Å². The van der Waals surface area contributed by atoms with Gasteiger partial charge in [-0.05, 0) is 170 Å². The Morgan fingerprint density at radius 1 is 0.466 bits per heavy atom. The van der Waals surface area contributed by atoms with Crippen LogP contribution in [0.5, 0.6) is 18.0 Å². The Morgan fingerprint density at radius 2 is 0.832 bits per heavy atom. The van der Waals surface area contributed by atoms with Crippen molar-refractivity contribution in [3.63, 3.8) is 0 Å². The number of carbonyl (C=O) groups excluding carboxylic acids is 3. The van der Waals surface area contributed by atoms with Crippen LogP contribution >= 0.6 is 104 Å². The average molecular weight is 1960 g/mol. The molecule has 9 aliphatic heterocycles. The van der Waals surface area contributed by atoms with E-state index in [0.29, 0.717) is 159 Å². The van der Waals surface area contributed by atoms with Gasteiger partial charge in [-0.1, -0.05) is 93.2 Å². The van der Waals surface area contributed by atoms with E-state index in [1.54, 1.807) is 25.7 Å². The monoisotopic (exact) mass is 1950 g/mol. The minimum absolute atomic E-state index is 0. The van der Waals surface area contributed by atoms with Crippen molar-refractivity contribution in [2.45, 2.75) is 140 Å². The van der Waals surface area contributed by atoms with E-state index in [4.69, 9.17) is 87.0 Å². The van der Waals surface area contributed by atoms with E-state index in [1.807, 2.05) is 41.3 Å². The van der Waals surface area contributed by atoms with Crippen LogP contribution in [0.25, 0.3) is 25.3 Å². The quantitative estimate of drug-likeness (QED) is 0.0331. The number of rotatable bonds is 23. The summed E-state index contributed by atoms with van der Waals surface area (Å²) >= 11 is 12.6. The lowest BCUT2D eigenvalue weighted by Gasteiger charge is -2.41. The summed E-state index contributed by atoms with van der Waals surface area (Å²) in [5.41, 5.74) is 7.68. The molecular weight excluding hydrogens is 1830 g/mol. The molecule has 0 aliphatic carbocycles. The Hall–Kier alpha value is -9.04. The van der Waals surface area contributed by atoms with Gasteiger partial charge in [-0.3, -0.25) is 19.3 Å². The molecule has 27 nitrogen and oxygen atoms in total. The summed E-state index contributed by atoms with van der Waals surface area (Å²) in [4.78, 5) is 102. The maximum atomic E-state index is 15.0. The number of carbonyl (C=O) groups is 3. The summed E-state index contributed by atoms with van der Waals surface area (Å²) < 4.78 is 75.8. The van der Waals surface area contributed by atoms with Gasteiger partial charge in [0.05, 0.1) is 53.0 Å². The number of anilines is 6. The molecule has 3 aromatic heterocycles. The van der Waals surface area contributed by atoms with Crippen LogP contribution in [-0.4, -0.2) is 272 Å². The second-order valence-electron chi connectivity index (χ2n) is 33.1. The molecule has 0 unspecified atom stereocenters. The number of likely N-dealkylation sites (N-methyl/N-ethyl adjacent to an activating group) is 3. The van der Waals surface area contributed by atoms with Gasteiger partial charge in [0.25, 0.3) is 0 Å². The first-order valence-corrected chi connectivity index (χ1v) is 44.1. The molecule has 39 heteroatoms. The van der Waals surface area contributed by atoms with Crippen molar-refractivity contribution in [2.24, 2.45) is 0 Å². The molecule has 6 atom stereocenters. The fourth-order valence-electron chi connectivity index (χ4n) is 19.1. The zero-order valence-electron chi connectivity index (χ0n) is 74.6. The molecule has 7 aromatic rings. The summed E-state index contributed by atoms with van der Waals surface area (Å²) in [6.45, 7) is 51.1. The molecule has 0 bridgehead atoms. The molecule has 0 spiro atoms. The SMILES string of the molecule is S.S.S.S.S.S.[C-]#[N+]C[C@H]1CN(c2nc(OC[C@@H]3CCCN3C)nc3c2CCN(c2cccc(Cl)c2CC)C3)CCN1C(=O)C=C.[C-]#[N+]C[C@H]1CN(c2nc(OC[C@@H]3CCCN3C)nc3c2CCN(c2cccc4cccc(F)c24)C3)CCN1C(=O)C=C.[C-]#[N+]C[C@H]1CN(c2nc(OC[C@@H]3CCCN3CC)nc3c2CCN(c2cccc(Cl)c2C(F)(F)F)C3)CCN1C(=O)C=C. The van der Waals surface area contributed by atoms with Gasteiger partial charge in [0.2, 0.25) is 37.4 Å². The fourth-order valence-corrected chi connectivity index (χ4v) is 19.7. The molecule has 0 N–H and O–H groups in total. The van der Waals surface area contributed by atoms with Gasteiger partial charge < -0.3 is 82.6 Å². The second kappa shape index (κ2) is 49.3. The van der Waals surface area contributed by atoms with Gasteiger partial charge in [0.1, 0.15) is 61.2 Å². The summed E-state index contributed by atoms with van der Waals surface area (Å²) in [5.74, 6) is 1.56. The van der Waals surface area contributed by atoms with E-state index in [9.17, 15) is 27.6 Å². The maximum Gasteiger partial charge on any atom is 0.419 e. The van der Waals surface area contributed by atoms with E-state index in [2.05, 4.69) is 103 Å². The van der Waals surface area contributed by atoms with Crippen LogP contribution in [0, 0.1) is 25.5 Å². The summed E-state index contributed by atoms with van der Waals surface area (Å²) in [6, 6.07) is 22.3. The first kappa shape index (κ1) is 107. The second-order valence-corrected chi connectivity index (χ2v) is 33.9. The molecule has 708 valence electrons. The first-order chi connectivity index (χ1) is 60.5. The number of fused-ring (bicyclic) bond motifs is 4. The molecule has 16 rings (SSSR count). The number of piperazine rings is 3. The molecule has 6 fully saturated rings. The Balaban J connectivity index is 0.000000237. The molecule has 12 heterocycles. The minimum atomic E-state index is -4.62. The molecule has 0 saturated carbocycles. The number of likely N-dealkylation sites (tertiary alicyclic amines) is 3. The third-order valence-electron chi connectivity index (χ3n) is 25.7. The highest BCUT2D eigenvalue weighted by molar-refractivity contribution is 7.60. The Morgan fingerprint density at radius 3 is 1.22 bits per heavy atom. The zero-order chi connectivity index (χ0) is 88.2. The number of hydrogen-bond acceptors (Lipinski definition) is 21. The summed E-state index contributed by atoms with van der Waals surface area (Å²) in [7, 11) is 4.25. The van der Waals surface area contributed by atoms with E-state index in [0.717, 1.165) is 145 Å². The Labute approximate surface area is 818 Å². The predicted octanol–water partition coefficient (Wildman–Crippen LogP) is 13.2. The number of benzene rings is 4. The lowest BCUT2D eigenvalue weighted by atomic mass is 10.0. The lowest BCUT2D eigenvalue weighted by Crippen LogP contribution is -2.56. The topological polar surface area (TPSA) is 208 Å². The van der Waals surface area contributed by atoms with Gasteiger partial charge in [0, 0.05) is 135 Å². The van der Waals surface area contributed by atoms with Crippen molar-refractivity contribution in [3.8, 4) is 18.0 Å². The number of aromatic nitrogens is 6. The molecule has 3 amide bonds. The standard InChI is InChI=1S/C32H36FN7O2.C30H35ClF3N7O2.C30H38ClN7O2.6H2S/c1-4-29(41)40-17-16-39(19-24(40)18-34-2)31-25-13-15-38(28-12-6-9-22-8-5-11-26(33)30(22)28)20-27(25)35-32(36-31)42-21-23-10-7-14-37(23)3;1-4-26(42)41-15-14-40(17-21(41)16-35-3)28-22-11-13-39(25-10-6-9-23(31)27(25)30(32,33)34)18-24(22)36-29(37-28)43-19-20-8-7-12-38(20)5-2;1-5-23-25(31)10-7-11-27(23)36-14-12-24-26(19-36)33-30(40-20-21-9-8-13-35(21)4)34-29(24)37-15-16-38(28(39)6-2)22(18-37)17-32-3;;;;;;/h4-6,8-9,11-12,23-24H,1,7,10,13-21H2,3H3;4,6,9-10,20-21H,1,5,7-8,11-19H2,2H3;6-7,10-11,21-22H,2,5,8-9,12-20H2,1,4H3;6*1H2/t23-,24-;20-,21-;21-,22-;;;;;;/m000....../s1. The third kappa shape index (κ3) is 24.8.